The number of halogens is 6. The van der Waals surface area contributed by atoms with E-state index in [1.807, 2.05) is 0 Å². The summed E-state index contributed by atoms with van der Waals surface area (Å²) in [6, 6.07) is 4.71. The van der Waals surface area contributed by atoms with E-state index in [-0.39, 0.29) is 42.0 Å². The summed E-state index contributed by atoms with van der Waals surface area (Å²) in [6.07, 6.45) is -2.10. The normalized spacial score (nSPS) is 11.6. The van der Waals surface area contributed by atoms with Gasteiger partial charge in [-0.3, -0.25) is 19.7 Å². The Morgan fingerprint density at radius 1 is 1.13 bits per heavy atom. The van der Waals surface area contributed by atoms with Crippen molar-refractivity contribution < 1.29 is 36.2 Å². The number of esters is 1. The average molecular weight is 605 g/mol. The Morgan fingerprint density at radius 3 is 2.45 bits per heavy atom. The van der Waals surface area contributed by atoms with E-state index < -0.39 is 35.9 Å². The number of hydrogen-bond donors (Lipinski definition) is 0. The van der Waals surface area contributed by atoms with E-state index >= 15 is 0 Å². The lowest BCUT2D eigenvalue weighted by Gasteiger charge is -2.17. The molecule has 0 atom stereocenters. The smallest absolute Gasteiger partial charge is 0.487 e. The van der Waals surface area contributed by atoms with Crippen molar-refractivity contribution >= 4 is 21.9 Å². The maximum atomic E-state index is 13.9. The first-order valence-electron chi connectivity index (χ1n) is 11.0. The van der Waals surface area contributed by atoms with E-state index in [9.17, 15) is 31.5 Å². The van der Waals surface area contributed by atoms with Crippen molar-refractivity contribution in [1.29, 1.82) is 0 Å². The summed E-state index contributed by atoms with van der Waals surface area (Å²) in [6.45, 7) is 1.42. The molecule has 8 nitrogen and oxygen atoms in total. The Balaban J connectivity index is 1.60. The molecule has 0 aliphatic rings. The topological polar surface area (TPSA) is 86.5 Å². The van der Waals surface area contributed by atoms with Crippen LogP contribution in [0.3, 0.4) is 0 Å². The number of pyridine rings is 1. The molecule has 0 fully saturated rings. The van der Waals surface area contributed by atoms with Crippen LogP contribution in [0, 0.1) is 18.6 Å². The highest BCUT2D eigenvalue weighted by Gasteiger charge is 2.40. The van der Waals surface area contributed by atoms with Gasteiger partial charge in [0.25, 0.3) is 5.56 Å². The first kappa shape index (κ1) is 29.2. The van der Waals surface area contributed by atoms with Crippen LogP contribution in [0.2, 0.25) is 0 Å². The minimum Gasteiger partial charge on any atom is -0.487 e. The number of ether oxygens (including phenoxy) is 2. The van der Waals surface area contributed by atoms with Gasteiger partial charge in [0.05, 0.1) is 30.3 Å². The highest BCUT2D eigenvalue weighted by molar-refractivity contribution is 9.10. The molecular weight excluding hydrogens is 583 g/mol. The number of rotatable bonds is 10. The van der Waals surface area contributed by atoms with Gasteiger partial charge < -0.3 is 14.0 Å². The third-order valence-corrected chi connectivity index (χ3v) is 5.99. The van der Waals surface area contributed by atoms with Gasteiger partial charge in [-0.2, -0.15) is 13.2 Å². The minimum absolute atomic E-state index is 0.0517. The van der Waals surface area contributed by atoms with Crippen molar-refractivity contribution in [2.24, 2.45) is 0 Å². The Hall–Kier alpha value is -3.39. The van der Waals surface area contributed by atoms with Crippen LogP contribution in [0.1, 0.15) is 22.6 Å². The molecule has 0 radical (unpaired) electrons. The van der Waals surface area contributed by atoms with Crippen molar-refractivity contribution in [3.05, 3.63) is 85.8 Å². The summed E-state index contributed by atoms with van der Waals surface area (Å²) in [7, 11) is 1.62. The van der Waals surface area contributed by atoms with Gasteiger partial charge in [-0.15, -0.1) is 0 Å². The van der Waals surface area contributed by atoms with Crippen LogP contribution in [-0.4, -0.2) is 51.8 Å². The molecule has 0 saturated carbocycles. The molecule has 0 bridgehead atoms. The van der Waals surface area contributed by atoms with Gasteiger partial charge in [0.2, 0.25) is 0 Å². The fraction of sp³-hybridized carbons (Fsp3) is 0.333. The first-order chi connectivity index (χ1) is 17.8. The number of hydrogen-bond acceptors (Lipinski definition) is 7. The molecule has 2 heterocycles. The van der Waals surface area contributed by atoms with Crippen LogP contribution in [-0.2, 0) is 29.2 Å². The lowest BCUT2D eigenvalue weighted by atomic mass is 10.2. The van der Waals surface area contributed by atoms with Gasteiger partial charge in [-0.1, -0.05) is 0 Å². The van der Waals surface area contributed by atoms with E-state index in [0.29, 0.717) is 17.1 Å². The maximum Gasteiger partial charge on any atom is 0.490 e. The molecule has 14 heteroatoms. The highest BCUT2D eigenvalue weighted by atomic mass is 79.9. The Labute approximate surface area is 222 Å². The number of aromatic nitrogens is 3. The standard InChI is InChI=1S/C24H22BrF5N4O4/c1-14-7-20(38-13-15-3-4-16(26)8-19(15)27)21(25)22(35)34(14)12-18-10-31-17(9-32-18)11-33(2)5-6-37-23(36)24(28,29)30/h3-4,7-10H,5-6,11-13H2,1-2H3. The number of carbonyl (C=O) groups excluding carboxylic acids is 1. The van der Waals surface area contributed by atoms with Gasteiger partial charge in [0.15, 0.2) is 0 Å². The van der Waals surface area contributed by atoms with E-state index in [0.717, 1.165) is 12.1 Å². The molecule has 38 heavy (non-hydrogen) atoms. The molecule has 0 amide bonds. The van der Waals surface area contributed by atoms with Gasteiger partial charge in [-0.05, 0) is 42.0 Å². The molecule has 0 unspecified atom stereocenters. The maximum absolute atomic E-state index is 13.9. The molecule has 204 valence electrons. The zero-order valence-corrected chi connectivity index (χ0v) is 21.8. The summed E-state index contributed by atoms with van der Waals surface area (Å²) in [5.41, 5.74) is 1.23. The van der Waals surface area contributed by atoms with Crippen LogP contribution in [0.5, 0.6) is 5.75 Å². The van der Waals surface area contributed by atoms with Crippen LogP contribution >= 0.6 is 15.9 Å². The first-order valence-corrected chi connectivity index (χ1v) is 11.8. The SMILES string of the molecule is Cc1cc(OCc2ccc(F)cc2F)c(Br)c(=O)n1Cc1cnc(CN(C)CCOC(=O)C(F)(F)F)cn1. The van der Waals surface area contributed by atoms with E-state index in [4.69, 9.17) is 4.74 Å². The van der Waals surface area contributed by atoms with Crippen LogP contribution in [0.15, 0.2) is 45.9 Å². The fourth-order valence-electron chi connectivity index (χ4n) is 3.25. The molecule has 0 spiro atoms. The summed E-state index contributed by atoms with van der Waals surface area (Å²) in [4.78, 5) is 33.8. The number of nitrogens with zero attached hydrogens (tertiary/aromatic N) is 4. The average Bonchev–Trinajstić information content (AvgIpc) is 2.84. The fourth-order valence-corrected chi connectivity index (χ4v) is 3.69. The lowest BCUT2D eigenvalue weighted by molar-refractivity contribution is -0.199. The van der Waals surface area contributed by atoms with Gasteiger partial charge in [0, 0.05) is 36.5 Å². The minimum atomic E-state index is -5.04. The molecular formula is C24H22BrF5N4O4. The zero-order valence-electron chi connectivity index (χ0n) is 20.2. The largest absolute Gasteiger partial charge is 0.490 e. The number of benzene rings is 1. The predicted octanol–water partition coefficient (Wildman–Crippen LogP) is 4.15. The predicted molar refractivity (Wildman–Crippen MR) is 128 cm³/mol. The Kier molecular flexibility index (Phi) is 9.55. The van der Waals surface area contributed by atoms with Gasteiger partial charge >= 0.3 is 12.1 Å². The zero-order chi connectivity index (χ0) is 28.0. The van der Waals surface area contributed by atoms with Gasteiger partial charge in [0.1, 0.15) is 35.1 Å². The highest BCUT2D eigenvalue weighted by Crippen LogP contribution is 2.24. The molecule has 0 aliphatic carbocycles. The van der Waals surface area contributed by atoms with Crippen molar-refractivity contribution in [2.75, 3.05) is 20.2 Å². The van der Waals surface area contributed by atoms with Crippen molar-refractivity contribution in [3.63, 3.8) is 0 Å². The number of carbonyl (C=O) groups is 1. The Bertz CT molecular complexity index is 1350. The summed E-state index contributed by atoms with van der Waals surface area (Å²) >= 11 is 3.21. The molecule has 2 aromatic heterocycles. The van der Waals surface area contributed by atoms with Crippen molar-refractivity contribution in [2.45, 2.75) is 32.8 Å². The molecule has 3 aromatic rings. The second-order valence-electron chi connectivity index (χ2n) is 8.25. The molecule has 0 N–H and O–H groups in total. The van der Waals surface area contributed by atoms with Crippen molar-refractivity contribution in [1.82, 2.24) is 19.4 Å². The number of likely N-dealkylation sites (N-methyl/N-ethyl adjacent to an activating group) is 1. The number of alkyl halides is 3. The molecule has 0 aliphatic heterocycles. The third-order valence-electron chi connectivity index (χ3n) is 5.26. The van der Waals surface area contributed by atoms with Crippen LogP contribution in [0.25, 0.3) is 0 Å². The third kappa shape index (κ3) is 7.81. The van der Waals surface area contributed by atoms with E-state index in [1.165, 1.54) is 23.0 Å². The van der Waals surface area contributed by atoms with Crippen LogP contribution in [0.4, 0.5) is 22.0 Å². The molecule has 0 saturated heterocycles. The summed E-state index contributed by atoms with van der Waals surface area (Å²) < 4.78 is 74.8. The number of aryl methyl sites for hydroxylation is 1. The Morgan fingerprint density at radius 2 is 1.82 bits per heavy atom. The van der Waals surface area contributed by atoms with Crippen LogP contribution < -0.4 is 10.3 Å². The van der Waals surface area contributed by atoms with E-state index in [2.05, 4.69) is 30.6 Å². The second-order valence-corrected chi connectivity index (χ2v) is 9.04. The molecule has 1 aromatic carbocycles. The van der Waals surface area contributed by atoms with Crippen molar-refractivity contribution in [3.8, 4) is 5.75 Å². The van der Waals surface area contributed by atoms with E-state index in [1.54, 1.807) is 24.9 Å². The lowest BCUT2D eigenvalue weighted by Crippen LogP contribution is -2.30. The van der Waals surface area contributed by atoms with Gasteiger partial charge in [-0.25, -0.2) is 13.6 Å². The quantitative estimate of drug-likeness (QED) is 0.254. The molecule has 3 rings (SSSR count). The second kappa shape index (κ2) is 12.4. The summed E-state index contributed by atoms with van der Waals surface area (Å²) in [5, 5.41) is 0. The summed E-state index contributed by atoms with van der Waals surface area (Å²) in [5.74, 6) is -3.52. The monoisotopic (exact) mass is 604 g/mol.